The molecule has 0 amide bonds. The van der Waals surface area contributed by atoms with Crippen molar-refractivity contribution in [2.45, 2.75) is 227 Å². The molecule has 252 valence electrons. The first-order chi connectivity index (χ1) is 21.5. The van der Waals surface area contributed by atoms with Gasteiger partial charge in [-0.1, -0.05) is 38.5 Å². The zero-order chi connectivity index (χ0) is 30.8. The maximum absolute atomic E-state index is 5.94. The minimum absolute atomic E-state index is 0.928. The molecule has 6 aliphatic rings. The van der Waals surface area contributed by atoms with Crippen LogP contribution in [0.25, 0.3) is 0 Å². The lowest BCUT2D eigenvalue weighted by Gasteiger charge is -2.50. The minimum Gasteiger partial charge on any atom is -0.390 e. The van der Waals surface area contributed by atoms with Crippen LogP contribution in [0.2, 0.25) is 0 Å². The van der Waals surface area contributed by atoms with E-state index >= 15 is 0 Å². The van der Waals surface area contributed by atoms with Crippen LogP contribution in [0.15, 0.2) is 0 Å². The lowest BCUT2D eigenvalue weighted by atomic mass is 9.99. The zero-order valence-electron chi connectivity index (χ0n) is 28.2. The van der Waals surface area contributed by atoms with E-state index in [0.29, 0.717) is 0 Å². The van der Waals surface area contributed by atoms with Crippen molar-refractivity contribution in [2.24, 2.45) is 0 Å². The van der Waals surface area contributed by atoms with Crippen LogP contribution in [0.1, 0.15) is 193 Å². The summed E-state index contributed by atoms with van der Waals surface area (Å²) in [6.07, 6.45) is 43.6. The Balaban J connectivity index is 0.000000175. The maximum Gasteiger partial charge on any atom is 0.0734 e. The van der Waals surface area contributed by atoms with Gasteiger partial charge in [-0.3, -0.25) is 0 Å². The molecule has 0 unspecified atom stereocenters. The molecule has 6 fully saturated rings. The van der Waals surface area contributed by atoms with Crippen molar-refractivity contribution >= 4 is 72.1 Å². The van der Waals surface area contributed by atoms with E-state index in [-0.39, 0.29) is 0 Å². The van der Waals surface area contributed by atoms with E-state index in [1.807, 2.05) is 0 Å². The second kappa shape index (κ2) is 18.5. The Labute approximate surface area is 296 Å². The monoisotopic (exact) mass is 712 g/mol. The molecule has 0 bridgehead atoms. The van der Waals surface area contributed by atoms with E-state index in [4.69, 9.17) is 49.7 Å². The van der Waals surface area contributed by atoms with Crippen molar-refractivity contribution < 1.29 is 0 Å². The van der Waals surface area contributed by atoms with Gasteiger partial charge in [-0.2, -0.15) is 0 Å². The Morgan fingerprint density at radius 1 is 0.295 bits per heavy atom. The molecule has 6 saturated carbocycles. The maximum atomic E-state index is 5.94. The third-order valence-corrected chi connectivity index (χ3v) is 29.1. The van der Waals surface area contributed by atoms with E-state index in [0.717, 1.165) is 41.8 Å². The smallest absolute Gasteiger partial charge is 0.0734 e. The van der Waals surface area contributed by atoms with Crippen LogP contribution >= 0.6 is 39.0 Å². The normalized spacial score (nSPS) is 26.9. The molecule has 0 radical (unpaired) electrons. The summed E-state index contributed by atoms with van der Waals surface area (Å²) in [5.41, 5.74) is 5.57. The fraction of sp³-hybridized carbons (Fsp3) is 0.947. The molecule has 0 N–H and O–H groups in total. The van der Waals surface area contributed by atoms with E-state index in [2.05, 4.69) is 0 Å². The lowest BCUT2D eigenvalue weighted by Crippen LogP contribution is -2.38. The highest BCUT2D eigenvalue weighted by atomic mass is 32.1. The van der Waals surface area contributed by atoms with Crippen LogP contribution in [0.3, 0.4) is 0 Å². The first kappa shape index (κ1) is 36.8. The standard InChI is InChI=1S/2C19H33PS2/c2*21-19(22)20(16-10-4-1-5-11-16,17-12-6-2-7-13-17)18-14-8-3-9-15-18/h2*16-18H,1-15H2. The molecule has 0 heterocycles. The first-order valence-corrected chi connectivity index (χ1v) is 25.3. The predicted octanol–water partition coefficient (Wildman–Crippen LogP) is 13.7. The second-order valence-electron chi connectivity index (χ2n) is 16.0. The predicted molar refractivity (Wildman–Crippen MR) is 215 cm³/mol. The molecule has 0 aromatic heterocycles. The summed E-state index contributed by atoms with van der Waals surface area (Å²) in [6.45, 7) is 0. The molecule has 0 nitrogen and oxygen atoms in total. The quantitative estimate of drug-likeness (QED) is 0.139. The number of hydrogen-bond acceptors (Lipinski definition) is 4. The molecular formula is C38H66P2S4. The van der Waals surface area contributed by atoms with Gasteiger partial charge in [0.2, 0.25) is 0 Å². The number of thiocarbonyl (C=S) groups is 2. The third-order valence-electron chi connectivity index (χ3n) is 13.7. The summed E-state index contributed by atoms with van der Waals surface area (Å²) in [7, 11) is -2.50. The van der Waals surface area contributed by atoms with Gasteiger partial charge in [0.05, 0.1) is 34.0 Å². The topological polar surface area (TPSA) is 0 Å². The van der Waals surface area contributed by atoms with Crippen LogP contribution in [-0.4, -0.2) is 41.8 Å². The summed E-state index contributed by atoms with van der Waals surface area (Å²) in [5, 5.41) is 0. The van der Waals surface area contributed by atoms with E-state index in [1.54, 1.807) is 0 Å². The Morgan fingerprint density at radius 3 is 0.545 bits per heavy atom. The van der Waals surface area contributed by atoms with Crippen LogP contribution in [0, 0.1) is 0 Å². The Morgan fingerprint density at radius 2 is 0.432 bits per heavy atom. The van der Waals surface area contributed by atoms with Crippen molar-refractivity contribution in [1.29, 1.82) is 0 Å². The highest BCUT2D eigenvalue weighted by Gasteiger charge is 2.58. The van der Waals surface area contributed by atoms with E-state index in [1.165, 1.54) is 193 Å². The Bertz CT molecular complexity index is 708. The van der Waals surface area contributed by atoms with E-state index in [9.17, 15) is 0 Å². The molecule has 6 heteroatoms. The molecule has 0 saturated heterocycles. The SMILES string of the molecule is S=C([S-])[P+](C1CCCCC1)(C1CCCCC1)C1CCCCC1.S=C([S-])[P+](C1CCCCC1)(C1CCCCC1)C1CCCCC1. The molecule has 0 aromatic carbocycles. The molecule has 0 spiro atoms. The zero-order valence-corrected chi connectivity index (χ0v) is 33.3. The number of rotatable bonds is 8. The van der Waals surface area contributed by atoms with Crippen LogP contribution in [0.4, 0.5) is 0 Å². The van der Waals surface area contributed by atoms with Crippen LogP contribution < -0.4 is 0 Å². The summed E-state index contributed by atoms with van der Waals surface area (Å²) >= 11 is 23.7. The van der Waals surface area contributed by atoms with Gasteiger partial charge in [-0.05, 0) is 154 Å². The molecule has 0 aromatic rings. The molecule has 0 atom stereocenters. The van der Waals surface area contributed by atoms with Gasteiger partial charge in [-0.25, -0.2) is 0 Å². The fourth-order valence-electron chi connectivity index (χ4n) is 11.7. The third kappa shape index (κ3) is 8.26. The van der Waals surface area contributed by atoms with Gasteiger partial charge in [-0.15, -0.1) is 0 Å². The summed E-state index contributed by atoms with van der Waals surface area (Å²) < 4.78 is 2.22. The highest BCUT2D eigenvalue weighted by molar-refractivity contribution is 8.26. The molecule has 0 aliphatic heterocycles. The molecule has 6 rings (SSSR count). The van der Waals surface area contributed by atoms with Crippen molar-refractivity contribution in [1.82, 2.24) is 0 Å². The van der Waals surface area contributed by atoms with Crippen molar-refractivity contribution in [3.8, 4) is 0 Å². The van der Waals surface area contributed by atoms with Crippen molar-refractivity contribution in [3.05, 3.63) is 0 Å². The fourth-order valence-corrected chi connectivity index (χ4v) is 29.8. The largest absolute Gasteiger partial charge is 0.390 e. The van der Waals surface area contributed by atoms with Crippen molar-refractivity contribution in [3.63, 3.8) is 0 Å². The Kier molecular flexibility index (Phi) is 15.4. The van der Waals surface area contributed by atoms with E-state index < -0.39 is 14.5 Å². The van der Waals surface area contributed by atoms with Crippen LogP contribution in [0.5, 0.6) is 0 Å². The molecule has 6 aliphatic carbocycles. The van der Waals surface area contributed by atoms with Gasteiger partial charge in [0.1, 0.15) is 0 Å². The van der Waals surface area contributed by atoms with Gasteiger partial charge in [0, 0.05) is 22.4 Å². The summed E-state index contributed by atoms with van der Waals surface area (Å²) in [5.74, 6) is 0. The van der Waals surface area contributed by atoms with Crippen LogP contribution in [-0.2, 0) is 25.3 Å². The van der Waals surface area contributed by atoms with Crippen molar-refractivity contribution in [2.75, 3.05) is 0 Å². The minimum atomic E-state index is -1.25. The Hall–Kier alpha value is 1.48. The average Bonchev–Trinajstić information content (AvgIpc) is 3.08. The highest BCUT2D eigenvalue weighted by Crippen LogP contribution is 2.79. The molecule has 44 heavy (non-hydrogen) atoms. The van der Waals surface area contributed by atoms with Gasteiger partial charge < -0.3 is 49.7 Å². The average molecular weight is 713 g/mol. The van der Waals surface area contributed by atoms with Gasteiger partial charge >= 0.3 is 0 Å². The molecular weight excluding hydrogens is 647 g/mol. The van der Waals surface area contributed by atoms with Gasteiger partial charge in [0.25, 0.3) is 0 Å². The summed E-state index contributed by atoms with van der Waals surface area (Å²) in [6, 6.07) is 0. The second-order valence-corrected chi connectivity index (χ2v) is 27.9. The first-order valence-electron chi connectivity index (χ1n) is 19.7. The summed E-state index contributed by atoms with van der Waals surface area (Å²) in [4.78, 5) is 0. The lowest BCUT2D eigenvalue weighted by molar-refractivity contribution is 0.456. The van der Waals surface area contributed by atoms with Gasteiger partial charge in [0.15, 0.2) is 0 Å². The number of hydrogen-bond donors (Lipinski definition) is 0.